The van der Waals surface area contributed by atoms with E-state index in [0.717, 1.165) is 31.7 Å². The topological polar surface area (TPSA) is 29.3 Å². The molecule has 0 saturated heterocycles. The number of anilines is 1. The standard InChI is InChI=1S/C18H24N2/c1-3-20(14-17-7-5-4-6-15(17)2)13-12-16-8-10-18(19)11-9-16/h4-11H,3,12-14,19H2,1-2H3. The number of nitrogen functional groups attached to an aromatic ring is 1. The lowest BCUT2D eigenvalue weighted by Crippen LogP contribution is -2.25. The summed E-state index contributed by atoms with van der Waals surface area (Å²) in [6.07, 6.45) is 1.07. The van der Waals surface area contributed by atoms with E-state index >= 15 is 0 Å². The monoisotopic (exact) mass is 268 g/mol. The van der Waals surface area contributed by atoms with Crippen LogP contribution >= 0.6 is 0 Å². The first-order valence-electron chi connectivity index (χ1n) is 7.30. The van der Waals surface area contributed by atoms with Gasteiger partial charge in [0.25, 0.3) is 0 Å². The molecule has 2 aromatic carbocycles. The summed E-state index contributed by atoms with van der Waals surface area (Å²) >= 11 is 0. The number of hydrogen-bond acceptors (Lipinski definition) is 2. The highest BCUT2D eigenvalue weighted by Crippen LogP contribution is 2.12. The number of likely N-dealkylation sites (N-methyl/N-ethyl adjacent to an activating group) is 1. The summed E-state index contributed by atoms with van der Waals surface area (Å²) in [5.74, 6) is 0. The van der Waals surface area contributed by atoms with Crippen LogP contribution in [0.2, 0.25) is 0 Å². The highest BCUT2D eigenvalue weighted by Gasteiger charge is 2.06. The fourth-order valence-electron chi connectivity index (χ4n) is 2.35. The molecule has 0 amide bonds. The smallest absolute Gasteiger partial charge is 0.0314 e. The molecule has 2 nitrogen and oxygen atoms in total. The normalized spacial score (nSPS) is 10.9. The maximum Gasteiger partial charge on any atom is 0.0314 e. The van der Waals surface area contributed by atoms with Gasteiger partial charge in [-0.05, 0) is 48.7 Å². The Balaban J connectivity index is 1.92. The molecule has 0 aliphatic carbocycles. The van der Waals surface area contributed by atoms with E-state index in [1.54, 1.807) is 0 Å². The molecular weight excluding hydrogens is 244 g/mol. The first kappa shape index (κ1) is 14.6. The van der Waals surface area contributed by atoms with Crippen molar-refractivity contribution in [3.63, 3.8) is 0 Å². The second kappa shape index (κ2) is 7.11. The summed E-state index contributed by atoms with van der Waals surface area (Å²) in [6, 6.07) is 16.8. The Morgan fingerprint density at radius 3 is 2.35 bits per heavy atom. The molecule has 2 rings (SSSR count). The fraction of sp³-hybridized carbons (Fsp3) is 0.333. The van der Waals surface area contributed by atoms with Crippen LogP contribution in [0.25, 0.3) is 0 Å². The van der Waals surface area contributed by atoms with Gasteiger partial charge in [-0.15, -0.1) is 0 Å². The maximum atomic E-state index is 5.72. The average molecular weight is 268 g/mol. The predicted octanol–water partition coefficient (Wildman–Crippen LogP) is 3.64. The number of aryl methyl sites for hydroxylation is 1. The molecule has 2 N–H and O–H groups in total. The molecule has 2 aromatic rings. The molecule has 0 spiro atoms. The SMILES string of the molecule is CCN(CCc1ccc(N)cc1)Cc1ccccc1C. The number of nitrogens with two attached hydrogens (primary N) is 1. The molecule has 0 heterocycles. The summed E-state index contributed by atoms with van der Waals surface area (Å²) in [4.78, 5) is 2.48. The van der Waals surface area contributed by atoms with Crippen molar-refractivity contribution in [1.82, 2.24) is 4.90 Å². The minimum absolute atomic E-state index is 0.834. The van der Waals surface area contributed by atoms with Gasteiger partial charge in [0.1, 0.15) is 0 Å². The Kier molecular flexibility index (Phi) is 5.19. The Morgan fingerprint density at radius 1 is 1.00 bits per heavy atom. The zero-order chi connectivity index (χ0) is 14.4. The Labute approximate surface area is 122 Å². The third-order valence-corrected chi connectivity index (χ3v) is 3.80. The maximum absolute atomic E-state index is 5.72. The highest BCUT2D eigenvalue weighted by atomic mass is 15.1. The van der Waals surface area contributed by atoms with E-state index in [1.807, 2.05) is 12.1 Å². The van der Waals surface area contributed by atoms with E-state index in [0.29, 0.717) is 0 Å². The molecule has 0 radical (unpaired) electrons. The summed E-state index contributed by atoms with van der Waals surface area (Å²) < 4.78 is 0. The predicted molar refractivity (Wildman–Crippen MR) is 86.7 cm³/mol. The number of benzene rings is 2. The van der Waals surface area contributed by atoms with Crippen LogP contribution in [-0.2, 0) is 13.0 Å². The third-order valence-electron chi connectivity index (χ3n) is 3.80. The number of rotatable bonds is 6. The van der Waals surface area contributed by atoms with Crippen LogP contribution in [0.5, 0.6) is 0 Å². The van der Waals surface area contributed by atoms with Gasteiger partial charge in [-0.25, -0.2) is 0 Å². The van der Waals surface area contributed by atoms with Crippen LogP contribution < -0.4 is 5.73 Å². The third kappa shape index (κ3) is 4.10. The summed E-state index contributed by atoms with van der Waals surface area (Å²) in [7, 11) is 0. The summed E-state index contributed by atoms with van der Waals surface area (Å²) in [6.45, 7) is 7.58. The van der Waals surface area contributed by atoms with Gasteiger partial charge in [-0.1, -0.05) is 43.3 Å². The van der Waals surface area contributed by atoms with E-state index in [2.05, 4.69) is 55.1 Å². The molecule has 0 atom stereocenters. The van der Waals surface area contributed by atoms with Crippen LogP contribution in [-0.4, -0.2) is 18.0 Å². The van der Waals surface area contributed by atoms with Crippen molar-refractivity contribution in [2.45, 2.75) is 26.8 Å². The van der Waals surface area contributed by atoms with Crippen molar-refractivity contribution < 1.29 is 0 Å². The van der Waals surface area contributed by atoms with Crippen molar-refractivity contribution >= 4 is 5.69 Å². The van der Waals surface area contributed by atoms with Crippen LogP contribution in [0, 0.1) is 6.92 Å². The minimum Gasteiger partial charge on any atom is -0.399 e. The van der Waals surface area contributed by atoms with Crippen LogP contribution in [0.15, 0.2) is 48.5 Å². The molecule has 0 bridgehead atoms. The molecule has 0 aromatic heterocycles. The van der Waals surface area contributed by atoms with Crippen LogP contribution in [0.3, 0.4) is 0 Å². The van der Waals surface area contributed by atoms with Gasteiger partial charge >= 0.3 is 0 Å². The second-order valence-electron chi connectivity index (χ2n) is 5.29. The van der Waals surface area contributed by atoms with E-state index in [4.69, 9.17) is 5.73 Å². The quantitative estimate of drug-likeness (QED) is 0.810. The number of nitrogens with zero attached hydrogens (tertiary/aromatic N) is 1. The largest absolute Gasteiger partial charge is 0.399 e. The number of hydrogen-bond donors (Lipinski definition) is 1. The van der Waals surface area contributed by atoms with Gasteiger partial charge in [-0.2, -0.15) is 0 Å². The Morgan fingerprint density at radius 2 is 1.70 bits per heavy atom. The zero-order valence-electron chi connectivity index (χ0n) is 12.5. The lowest BCUT2D eigenvalue weighted by molar-refractivity contribution is 0.283. The first-order valence-corrected chi connectivity index (χ1v) is 7.30. The molecule has 0 aliphatic rings. The van der Waals surface area contributed by atoms with Gasteiger partial charge in [0, 0.05) is 18.8 Å². The highest BCUT2D eigenvalue weighted by molar-refractivity contribution is 5.39. The fourth-order valence-corrected chi connectivity index (χ4v) is 2.35. The minimum atomic E-state index is 0.834. The van der Waals surface area contributed by atoms with Gasteiger partial charge in [0.05, 0.1) is 0 Å². The molecule has 20 heavy (non-hydrogen) atoms. The Bertz CT molecular complexity index is 531. The average Bonchev–Trinajstić information content (AvgIpc) is 2.47. The van der Waals surface area contributed by atoms with Crippen molar-refractivity contribution in [1.29, 1.82) is 0 Å². The molecular formula is C18H24N2. The molecule has 106 valence electrons. The summed E-state index contributed by atoms with van der Waals surface area (Å²) in [5, 5.41) is 0. The van der Waals surface area contributed by atoms with E-state index < -0.39 is 0 Å². The van der Waals surface area contributed by atoms with Crippen molar-refractivity contribution in [2.75, 3.05) is 18.8 Å². The van der Waals surface area contributed by atoms with Crippen molar-refractivity contribution in [3.8, 4) is 0 Å². The van der Waals surface area contributed by atoms with Gasteiger partial charge in [-0.3, -0.25) is 4.90 Å². The van der Waals surface area contributed by atoms with E-state index in [1.165, 1.54) is 16.7 Å². The molecule has 0 saturated carbocycles. The summed E-state index contributed by atoms with van der Waals surface area (Å²) in [5.41, 5.74) is 10.7. The van der Waals surface area contributed by atoms with Crippen molar-refractivity contribution in [3.05, 3.63) is 65.2 Å². The molecule has 0 fully saturated rings. The van der Waals surface area contributed by atoms with Gasteiger partial charge in [0.15, 0.2) is 0 Å². The second-order valence-corrected chi connectivity index (χ2v) is 5.29. The lowest BCUT2D eigenvalue weighted by Gasteiger charge is -2.21. The van der Waals surface area contributed by atoms with Gasteiger partial charge < -0.3 is 5.73 Å². The van der Waals surface area contributed by atoms with Crippen molar-refractivity contribution in [2.24, 2.45) is 0 Å². The lowest BCUT2D eigenvalue weighted by atomic mass is 10.1. The van der Waals surface area contributed by atoms with Gasteiger partial charge in [0.2, 0.25) is 0 Å². The van der Waals surface area contributed by atoms with Crippen LogP contribution in [0.4, 0.5) is 5.69 Å². The van der Waals surface area contributed by atoms with E-state index in [-0.39, 0.29) is 0 Å². The molecule has 0 unspecified atom stereocenters. The van der Waals surface area contributed by atoms with E-state index in [9.17, 15) is 0 Å². The molecule has 2 heteroatoms. The zero-order valence-corrected chi connectivity index (χ0v) is 12.5. The Hall–Kier alpha value is -1.80. The first-order chi connectivity index (χ1) is 9.69. The molecule has 0 aliphatic heterocycles. The van der Waals surface area contributed by atoms with Crippen LogP contribution in [0.1, 0.15) is 23.6 Å².